The average Bonchev–Trinajstić information content (AvgIpc) is 3.21. The molecule has 1 N–H and O–H groups in total. The molecule has 5 heteroatoms. The molecule has 3 nitrogen and oxygen atoms in total. The normalized spacial score (nSPS) is 26.3. The number of benzene rings is 2. The maximum atomic E-state index is 14.3. The van der Waals surface area contributed by atoms with Gasteiger partial charge in [0.1, 0.15) is 17.5 Å². The van der Waals surface area contributed by atoms with Gasteiger partial charge < -0.3 is 5.32 Å². The molecule has 1 aromatic heterocycles. The van der Waals surface area contributed by atoms with Crippen LogP contribution in [0.2, 0.25) is 0 Å². The molecular weight excluding hydrogens is 404 g/mol. The van der Waals surface area contributed by atoms with Crippen molar-refractivity contribution in [2.75, 3.05) is 5.32 Å². The molecule has 1 heterocycles. The summed E-state index contributed by atoms with van der Waals surface area (Å²) in [4.78, 5) is 9.83. The zero-order chi connectivity index (χ0) is 22.0. The molecule has 3 aromatic rings. The van der Waals surface area contributed by atoms with Gasteiger partial charge in [-0.1, -0.05) is 25.1 Å². The van der Waals surface area contributed by atoms with E-state index in [2.05, 4.69) is 18.3 Å². The molecular formula is C27H27F2N3. The van der Waals surface area contributed by atoms with Gasteiger partial charge in [0.25, 0.3) is 0 Å². The van der Waals surface area contributed by atoms with E-state index in [9.17, 15) is 8.78 Å². The number of fused-ring (bicyclic) bond motifs is 5. The van der Waals surface area contributed by atoms with E-state index in [0.29, 0.717) is 46.8 Å². The molecule has 32 heavy (non-hydrogen) atoms. The van der Waals surface area contributed by atoms with Gasteiger partial charge in [-0.05, 0) is 85.6 Å². The molecule has 0 amide bonds. The molecule has 0 unspecified atom stereocenters. The SMILES string of the molecule is Cc1cccc2c(N[C@H]3C4CCC(CC4)[C@@H]3C)nc(C3=CCc4c(F)cc(F)cc43)nc12. The summed E-state index contributed by atoms with van der Waals surface area (Å²) in [5.41, 5.74) is 3.75. The van der Waals surface area contributed by atoms with Crippen LogP contribution in [-0.2, 0) is 6.42 Å². The van der Waals surface area contributed by atoms with Crippen molar-refractivity contribution in [1.29, 1.82) is 0 Å². The smallest absolute Gasteiger partial charge is 0.162 e. The summed E-state index contributed by atoms with van der Waals surface area (Å²) in [5.74, 6) is 2.35. The van der Waals surface area contributed by atoms with Crippen LogP contribution >= 0.6 is 0 Å². The Morgan fingerprint density at radius 1 is 1.00 bits per heavy atom. The minimum Gasteiger partial charge on any atom is -0.366 e. The Bertz CT molecular complexity index is 1260. The lowest BCUT2D eigenvalue weighted by Crippen LogP contribution is -2.47. The Labute approximate surface area is 187 Å². The predicted octanol–water partition coefficient (Wildman–Crippen LogP) is 6.44. The fourth-order valence-electron chi connectivity index (χ4n) is 6.26. The molecule has 7 rings (SSSR count). The second-order valence-corrected chi connectivity index (χ2v) is 9.81. The van der Waals surface area contributed by atoms with Crippen LogP contribution in [0.5, 0.6) is 0 Å². The molecule has 2 aromatic carbocycles. The largest absolute Gasteiger partial charge is 0.366 e. The van der Waals surface area contributed by atoms with Crippen LogP contribution < -0.4 is 5.32 Å². The number of aromatic nitrogens is 2. The van der Waals surface area contributed by atoms with Crippen LogP contribution in [0.25, 0.3) is 16.5 Å². The standard InChI is InChI=1S/C27H27F2N3/c1-14-4-3-5-21-24(14)30-26(20-11-10-19-22(20)12-18(28)13-23(19)29)32-27(21)31-25-15(2)16-6-8-17(25)9-7-16/h3-5,11-13,15-17,25H,6-10H2,1-2H3,(H,30,31,32)/t15-,16?,17?,25+/m0/s1. The number of aryl methyl sites for hydroxylation is 1. The molecule has 0 radical (unpaired) electrons. The highest BCUT2D eigenvalue weighted by atomic mass is 19.1. The number of anilines is 1. The van der Waals surface area contributed by atoms with Gasteiger partial charge in [0.05, 0.1) is 5.52 Å². The topological polar surface area (TPSA) is 37.8 Å². The van der Waals surface area contributed by atoms with Gasteiger partial charge in [-0.25, -0.2) is 18.7 Å². The Morgan fingerprint density at radius 2 is 1.78 bits per heavy atom. The lowest BCUT2D eigenvalue weighted by molar-refractivity contribution is 0.0928. The van der Waals surface area contributed by atoms with E-state index in [0.717, 1.165) is 34.3 Å². The molecule has 0 saturated heterocycles. The van der Waals surface area contributed by atoms with E-state index < -0.39 is 11.6 Å². The lowest BCUT2D eigenvalue weighted by Gasteiger charge is -2.47. The van der Waals surface area contributed by atoms with E-state index in [1.807, 2.05) is 25.1 Å². The van der Waals surface area contributed by atoms with Crippen molar-refractivity contribution < 1.29 is 8.78 Å². The monoisotopic (exact) mass is 431 g/mol. The third kappa shape index (κ3) is 3.05. The van der Waals surface area contributed by atoms with Crippen LogP contribution in [0.4, 0.5) is 14.6 Å². The minimum atomic E-state index is -0.573. The highest BCUT2D eigenvalue weighted by Crippen LogP contribution is 2.46. The summed E-state index contributed by atoms with van der Waals surface area (Å²) in [7, 11) is 0. The van der Waals surface area contributed by atoms with Gasteiger partial charge in [0.2, 0.25) is 0 Å². The lowest BCUT2D eigenvalue weighted by atomic mass is 9.62. The average molecular weight is 432 g/mol. The first kappa shape index (κ1) is 19.8. The van der Waals surface area contributed by atoms with Gasteiger partial charge in [-0.2, -0.15) is 0 Å². The number of nitrogens with zero attached hydrogens (tertiary/aromatic N) is 2. The van der Waals surface area contributed by atoms with E-state index in [-0.39, 0.29) is 0 Å². The Hall–Kier alpha value is -2.82. The second-order valence-electron chi connectivity index (χ2n) is 9.81. The van der Waals surface area contributed by atoms with Crippen LogP contribution in [0, 0.1) is 36.3 Å². The summed E-state index contributed by atoms with van der Waals surface area (Å²) < 4.78 is 28.4. The number of allylic oxidation sites excluding steroid dienone is 1. The quantitative estimate of drug-likeness (QED) is 0.518. The van der Waals surface area contributed by atoms with Gasteiger partial charge >= 0.3 is 0 Å². The molecule has 2 atom stereocenters. The minimum absolute atomic E-state index is 0.397. The maximum Gasteiger partial charge on any atom is 0.162 e. The highest BCUT2D eigenvalue weighted by Gasteiger charge is 2.41. The number of para-hydroxylation sites is 1. The first-order valence-corrected chi connectivity index (χ1v) is 11.7. The molecule has 0 spiro atoms. The summed E-state index contributed by atoms with van der Waals surface area (Å²) in [6, 6.07) is 8.90. The fourth-order valence-corrected chi connectivity index (χ4v) is 6.26. The van der Waals surface area contributed by atoms with Gasteiger partial charge in [-0.3, -0.25) is 0 Å². The molecule has 2 bridgehead atoms. The van der Waals surface area contributed by atoms with Crippen molar-refractivity contribution in [2.24, 2.45) is 17.8 Å². The van der Waals surface area contributed by atoms with Crippen molar-refractivity contribution in [3.05, 3.63) is 70.6 Å². The Kier molecular flexibility index (Phi) is 4.56. The summed E-state index contributed by atoms with van der Waals surface area (Å²) in [6.07, 6.45) is 7.57. The molecule has 3 fully saturated rings. The number of halogens is 2. The van der Waals surface area contributed by atoms with Crippen LogP contribution in [0.15, 0.2) is 36.4 Å². The molecule has 4 aliphatic carbocycles. The maximum absolute atomic E-state index is 14.3. The molecule has 3 saturated carbocycles. The van der Waals surface area contributed by atoms with Crippen molar-refractivity contribution >= 4 is 22.3 Å². The van der Waals surface area contributed by atoms with Gasteiger partial charge in [0, 0.05) is 23.1 Å². The van der Waals surface area contributed by atoms with Crippen molar-refractivity contribution in [2.45, 2.75) is 52.0 Å². The van der Waals surface area contributed by atoms with E-state index >= 15 is 0 Å². The van der Waals surface area contributed by atoms with Crippen molar-refractivity contribution in [3.8, 4) is 0 Å². The number of nitrogens with one attached hydrogen (secondary N) is 1. The van der Waals surface area contributed by atoms with Crippen molar-refractivity contribution in [1.82, 2.24) is 9.97 Å². The zero-order valence-electron chi connectivity index (χ0n) is 18.5. The van der Waals surface area contributed by atoms with E-state index in [1.165, 1.54) is 31.7 Å². The number of hydrogen-bond acceptors (Lipinski definition) is 3. The fraction of sp³-hybridized carbons (Fsp3) is 0.407. The highest BCUT2D eigenvalue weighted by molar-refractivity contribution is 5.94. The summed E-state index contributed by atoms with van der Waals surface area (Å²) in [5, 5.41) is 4.82. The number of hydrogen-bond donors (Lipinski definition) is 1. The zero-order valence-corrected chi connectivity index (χ0v) is 18.5. The van der Waals surface area contributed by atoms with E-state index in [1.54, 1.807) is 0 Å². The third-order valence-corrected chi connectivity index (χ3v) is 8.07. The van der Waals surface area contributed by atoms with Gasteiger partial charge in [-0.15, -0.1) is 0 Å². The first-order valence-electron chi connectivity index (χ1n) is 11.7. The predicted molar refractivity (Wildman–Crippen MR) is 123 cm³/mol. The van der Waals surface area contributed by atoms with Crippen LogP contribution in [-0.4, -0.2) is 16.0 Å². The van der Waals surface area contributed by atoms with E-state index in [4.69, 9.17) is 9.97 Å². The Balaban J connectivity index is 1.47. The number of rotatable bonds is 3. The molecule has 0 aliphatic heterocycles. The third-order valence-electron chi connectivity index (χ3n) is 8.07. The van der Waals surface area contributed by atoms with Gasteiger partial charge in [0.15, 0.2) is 5.82 Å². The summed E-state index contributed by atoms with van der Waals surface area (Å²) in [6.45, 7) is 4.41. The second kappa shape index (κ2) is 7.36. The first-order chi connectivity index (χ1) is 15.5. The Morgan fingerprint density at radius 3 is 2.56 bits per heavy atom. The van der Waals surface area contributed by atoms with Crippen molar-refractivity contribution in [3.63, 3.8) is 0 Å². The van der Waals surface area contributed by atoms with Crippen LogP contribution in [0.1, 0.15) is 55.1 Å². The molecule has 164 valence electrons. The summed E-state index contributed by atoms with van der Waals surface area (Å²) >= 11 is 0. The van der Waals surface area contributed by atoms with Crippen LogP contribution in [0.3, 0.4) is 0 Å². The molecule has 4 aliphatic rings.